The summed E-state index contributed by atoms with van der Waals surface area (Å²) in [6.45, 7) is 3.05. The van der Waals surface area contributed by atoms with Crippen LogP contribution in [0.15, 0.2) is 60.3 Å². The number of fused-ring (bicyclic) bond motifs is 1. The first-order chi connectivity index (χ1) is 13.7. The van der Waals surface area contributed by atoms with E-state index in [9.17, 15) is 10.0 Å². The van der Waals surface area contributed by atoms with Gasteiger partial charge in [-0.25, -0.2) is 5.06 Å². The lowest BCUT2D eigenvalue weighted by atomic mass is 10.0. The van der Waals surface area contributed by atoms with Gasteiger partial charge in [-0.3, -0.25) is 10.0 Å². The van der Waals surface area contributed by atoms with Crippen molar-refractivity contribution in [2.75, 3.05) is 24.9 Å². The number of carbonyl (C=O) groups is 1. The number of hydrogen-bond donors (Lipinski definition) is 1. The van der Waals surface area contributed by atoms with Crippen molar-refractivity contribution in [1.29, 1.82) is 0 Å². The molecule has 2 aromatic rings. The molecule has 2 aromatic carbocycles. The Morgan fingerprint density at radius 2 is 1.79 bits per heavy atom. The number of benzene rings is 2. The lowest BCUT2D eigenvalue weighted by molar-refractivity contribution is -0.143. The molecule has 6 nitrogen and oxygen atoms in total. The summed E-state index contributed by atoms with van der Waals surface area (Å²) in [7, 11) is 0. The molecule has 1 N–H and O–H groups in total. The van der Waals surface area contributed by atoms with Crippen LogP contribution in [-0.4, -0.2) is 31.0 Å². The number of nitrogens with zero attached hydrogens (tertiary/aromatic N) is 1. The fraction of sp³-hybridized carbons (Fsp3) is 0.318. The van der Waals surface area contributed by atoms with Gasteiger partial charge in [0.2, 0.25) is 0 Å². The SMILES string of the molecule is CCOC(=O)CCCOc1ccc(OCC2=CN(O)c3ccccc3C2)cc1. The number of carbonyl (C=O) groups excluding carboxylic acids is 1. The number of para-hydroxylation sites is 1. The van der Waals surface area contributed by atoms with Gasteiger partial charge < -0.3 is 14.2 Å². The van der Waals surface area contributed by atoms with Crippen molar-refractivity contribution >= 4 is 11.7 Å². The summed E-state index contributed by atoms with van der Waals surface area (Å²) in [5, 5.41) is 11.2. The van der Waals surface area contributed by atoms with Gasteiger partial charge in [0.05, 0.1) is 18.9 Å². The van der Waals surface area contributed by atoms with Crippen LogP contribution in [-0.2, 0) is 16.0 Å². The Kier molecular flexibility index (Phi) is 6.92. The molecule has 28 heavy (non-hydrogen) atoms. The first-order valence-electron chi connectivity index (χ1n) is 9.42. The monoisotopic (exact) mass is 383 g/mol. The van der Waals surface area contributed by atoms with Gasteiger partial charge in [-0.2, -0.15) is 0 Å². The molecule has 6 heteroatoms. The van der Waals surface area contributed by atoms with Crippen molar-refractivity contribution < 1.29 is 24.2 Å². The van der Waals surface area contributed by atoms with Gasteiger partial charge in [0.15, 0.2) is 0 Å². The Morgan fingerprint density at radius 1 is 1.07 bits per heavy atom. The number of hydrogen-bond acceptors (Lipinski definition) is 6. The van der Waals surface area contributed by atoms with E-state index in [4.69, 9.17) is 14.2 Å². The molecular formula is C22H25NO5. The third-order valence-electron chi connectivity index (χ3n) is 4.31. The normalized spacial score (nSPS) is 12.8. The van der Waals surface area contributed by atoms with E-state index in [0.29, 0.717) is 32.7 Å². The number of esters is 1. The molecule has 0 radical (unpaired) electrons. The number of hydroxylamine groups is 1. The molecular weight excluding hydrogens is 358 g/mol. The van der Waals surface area contributed by atoms with Gasteiger partial charge in [-0.1, -0.05) is 18.2 Å². The Labute approximate surface area is 164 Å². The van der Waals surface area contributed by atoms with Gasteiger partial charge >= 0.3 is 5.97 Å². The van der Waals surface area contributed by atoms with Crippen molar-refractivity contribution in [2.45, 2.75) is 26.2 Å². The first-order valence-corrected chi connectivity index (χ1v) is 9.42. The number of rotatable bonds is 9. The second-order valence-corrected chi connectivity index (χ2v) is 6.45. The third kappa shape index (κ3) is 5.50. The van der Waals surface area contributed by atoms with Crippen molar-refractivity contribution in [3.05, 3.63) is 65.9 Å². The summed E-state index contributed by atoms with van der Waals surface area (Å²) in [5.41, 5.74) is 2.86. The molecule has 0 amide bonds. The van der Waals surface area contributed by atoms with Crippen molar-refractivity contribution in [1.82, 2.24) is 0 Å². The van der Waals surface area contributed by atoms with E-state index in [1.54, 1.807) is 13.1 Å². The summed E-state index contributed by atoms with van der Waals surface area (Å²) in [5.74, 6) is 1.25. The Balaban J connectivity index is 1.43. The summed E-state index contributed by atoms with van der Waals surface area (Å²) in [6, 6.07) is 15.1. The third-order valence-corrected chi connectivity index (χ3v) is 4.31. The van der Waals surface area contributed by atoms with Crippen LogP contribution in [0.25, 0.3) is 0 Å². The van der Waals surface area contributed by atoms with Crippen LogP contribution >= 0.6 is 0 Å². The molecule has 0 unspecified atom stereocenters. The van der Waals surface area contributed by atoms with Crippen LogP contribution in [0, 0.1) is 0 Å². The van der Waals surface area contributed by atoms with Crippen LogP contribution in [0.4, 0.5) is 5.69 Å². The maximum absolute atomic E-state index is 11.3. The molecule has 0 saturated carbocycles. The van der Waals surface area contributed by atoms with E-state index < -0.39 is 0 Å². The lowest BCUT2D eigenvalue weighted by Gasteiger charge is -2.24. The highest BCUT2D eigenvalue weighted by molar-refractivity contribution is 5.69. The van der Waals surface area contributed by atoms with Crippen molar-refractivity contribution in [2.24, 2.45) is 0 Å². The van der Waals surface area contributed by atoms with Crippen LogP contribution < -0.4 is 14.5 Å². The van der Waals surface area contributed by atoms with Crippen LogP contribution in [0.1, 0.15) is 25.3 Å². The molecule has 148 valence electrons. The minimum Gasteiger partial charge on any atom is -0.494 e. The van der Waals surface area contributed by atoms with E-state index in [-0.39, 0.29) is 5.97 Å². The maximum atomic E-state index is 11.3. The fourth-order valence-electron chi connectivity index (χ4n) is 2.95. The summed E-state index contributed by atoms with van der Waals surface area (Å²) in [6.07, 6.45) is 3.41. The van der Waals surface area contributed by atoms with E-state index in [1.165, 1.54) is 0 Å². The smallest absolute Gasteiger partial charge is 0.305 e. The zero-order valence-electron chi connectivity index (χ0n) is 16.0. The Morgan fingerprint density at radius 3 is 2.54 bits per heavy atom. The predicted molar refractivity (Wildman–Crippen MR) is 106 cm³/mol. The highest BCUT2D eigenvalue weighted by Gasteiger charge is 2.16. The minimum atomic E-state index is -0.198. The maximum Gasteiger partial charge on any atom is 0.305 e. The topological polar surface area (TPSA) is 68.2 Å². The standard InChI is InChI=1S/C22H25NO5/c1-2-26-22(24)8-5-13-27-19-9-11-20(12-10-19)28-16-17-14-18-6-3-4-7-21(18)23(25)15-17/h3-4,6-7,9-12,15,25H,2,5,8,13-14,16H2,1H3. The van der Waals surface area contributed by atoms with Crippen LogP contribution in [0.5, 0.6) is 11.5 Å². The Hall–Kier alpha value is -2.99. The molecule has 0 fully saturated rings. The zero-order valence-corrected chi connectivity index (χ0v) is 16.0. The van der Waals surface area contributed by atoms with Gasteiger partial charge in [-0.05, 0) is 54.8 Å². The molecule has 0 aliphatic carbocycles. The molecule has 0 atom stereocenters. The summed E-state index contributed by atoms with van der Waals surface area (Å²) >= 11 is 0. The lowest BCUT2D eigenvalue weighted by Crippen LogP contribution is -2.20. The highest BCUT2D eigenvalue weighted by Crippen LogP contribution is 2.28. The van der Waals surface area contributed by atoms with E-state index in [0.717, 1.165) is 39.8 Å². The average Bonchev–Trinajstić information content (AvgIpc) is 2.71. The van der Waals surface area contributed by atoms with E-state index >= 15 is 0 Å². The molecule has 0 saturated heterocycles. The van der Waals surface area contributed by atoms with Gasteiger partial charge in [0.1, 0.15) is 18.1 Å². The second kappa shape index (κ2) is 9.80. The summed E-state index contributed by atoms with van der Waals surface area (Å²) < 4.78 is 16.3. The molecule has 0 bridgehead atoms. The molecule has 1 heterocycles. The minimum absolute atomic E-state index is 0.198. The van der Waals surface area contributed by atoms with Gasteiger partial charge in [0.25, 0.3) is 0 Å². The number of anilines is 1. The van der Waals surface area contributed by atoms with Gasteiger partial charge in [0, 0.05) is 19.0 Å². The van der Waals surface area contributed by atoms with Crippen molar-refractivity contribution in [3.8, 4) is 11.5 Å². The molecule has 1 aliphatic rings. The molecule has 0 aromatic heterocycles. The second-order valence-electron chi connectivity index (χ2n) is 6.45. The molecule has 0 spiro atoms. The van der Waals surface area contributed by atoms with Crippen LogP contribution in [0.2, 0.25) is 0 Å². The zero-order chi connectivity index (χ0) is 19.8. The Bertz CT molecular complexity index is 816. The highest BCUT2D eigenvalue weighted by atomic mass is 16.5. The van der Waals surface area contributed by atoms with E-state index in [2.05, 4.69) is 0 Å². The quantitative estimate of drug-likeness (QED) is 0.519. The molecule has 3 rings (SSSR count). The van der Waals surface area contributed by atoms with Crippen molar-refractivity contribution in [3.63, 3.8) is 0 Å². The summed E-state index contributed by atoms with van der Waals surface area (Å²) in [4.78, 5) is 11.3. The van der Waals surface area contributed by atoms with Crippen LogP contribution in [0.3, 0.4) is 0 Å². The average molecular weight is 383 g/mol. The molecule has 1 aliphatic heterocycles. The van der Waals surface area contributed by atoms with Gasteiger partial charge in [-0.15, -0.1) is 0 Å². The largest absolute Gasteiger partial charge is 0.494 e. The fourth-order valence-corrected chi connectivity index (χ4v) is 2.95. The predicted octanol–water partition coefficient (Wildman–Crippen LogP) is 4.12. The van der Waals surface area contributed by atoms with E-state index in [1.807, 2.05) is 48.5 Å². The first kappa shape index (κ1) is 19.8. The number of ether oxygens (including phenoxy) is 3.